The third kappa shape index (κ3) is 6.12. The van der Waals surface area contributed by atoms with E-state index in [9.17, 15) is 9.59 Å². The van der Waals surface area contributed by atoms with Crippen molar-refractivity contribution in [2.24, 2.45) is 10.1 Å². The van der Waals surface area contributed by atoms with Crippen LogP contribution in [0.15, 0.2) is 64.2 Å². The molecule has 0 radical (unpaired) electrons. The monoisotopic (exact) mass is 533 g/mol. The third-order valence-electron chi connectivity index (χ3n) is 6.00. The first-order valence-electron chi connectivity index (χ1n) is 12.2. The van der Waals surface area contributed by atoms with Gasteiger partial charge in [-0.1, -0.05) is 29.8 Å². The molecule has 38 heavy (non-hydrogen) atoms. The van der Waals surface area contributed by atoms with E-state index in [1.54, 1.807) is 35.2 Å². The Balaban J connectivity index is 1.17. The van der Waals surface area contributed by atoms with Crippen molar-refractivity contribution < 1.29 is 23.8 Å². The Kier molecular flexibility index (Phi) is 7.85. The van der Waals surface area contributed by atoms with Crippen LogP contribution in [0.3, 0.4) is 0 Å². The maximum atomic E-state index is 12.7. The van der Waals surface area contributed by atoms with Crippen LogP contribution in [0.1, 0.15) is 17.5 Å². The average molecular weight is 534 g/mol. The number of ether oxygens (including phenoxy) is 3. The summed E-state index contributed by atoms with van der Waals surface area (Å²) in [6.07, 6.45) is 1.70. The van der Waals surface area contributed by atoms with Gasteiger partial charge >= 0.3 is 0 Å². The molecule has 3 heterocycles. The molecule has 2 amide bonds. The highest BCUT2D eigenvalue weighted by atomic mass is 32.2. The molecule has 5 rings (SSSR count). The van der Waals surface area contributed by atoms with Gasteiger partial charge < -0.3 is 19.1 Å². The Morgan fingerprint density at radius 3 is 2.34 bits per heavy atom. The molecule has 10 nitrogen and oxygen atoms in total. The van der Waals surface area contributed by atoms with Crippen LogP contribution < -0.4 is 9.47 Å². The van der Waals surface area contributed by atoms with E-state index in [0.717, 1.165) is 23.1 Å². The summed E-state index contributed by atoms with van der Waals surface area (Å²) >= 11 is 1.14. The standard InChI is InChI=1S/C27H27N5O5S/c1-18-2-6-20(7-3-18)36-14-15-37-21-8-4-19(5-9-21)16-22-25(28)32-27(29-26(22)34)38-23(30-32)17-24(33)31-10-12-35-13-11-31/h2-9,16,28H,10-15,17H2,1H3/b22-16-,28-25?. The van der Waals surface area contributed by atoms with Crippen LogP contribution in [0, 0.1) is 12.3 Å². The number of fused-ring (bicyclic) bond motifs is 1. The molecule has 2 aromatic carbocycles. The van der Waals surface area contributed by atoms with Crippen molar-refractivity contribution in [2.75, 3.05) is 39.5 Å². The molecule has 0 spiro atoms. The van der Waals surface area contributed by atoms with Crippen molar-refractivity contribution in [1.82, 2.24) is 9.91 Å². The molecule has 3 aliphatic heterocycles. The summed E-state index contributed by atoms with van der Waals surface area (Å²) in [7, 11) is 0. The summed E-state index contributed by atoms with van der Waals surface area (Å²) in [5, 5.41) is 15.0. The molecule has 2 aromatic rings. The summed E-state index contributed by atoms with van der Waals surface area (Å²) in [4.78, 5) is 31.1. The molecule has 0 saturated carbocycles. The molecule has 0 bridgehead atoms. The number of amidine groups is 2. The molecular formula is C27H27N5O5S. The predicted octanol–water partition coefficient (Wildman–Crippen LogP) is 3.32. The number of nitrogens with zero attached hydrogens (tertiary/aromatic N) is 4. The van der Waals surface area contributed by atoms with Crippen LogP contribution in [-0.2, 0) is 14.3 Å². The van der Waals surface area contributed by atoms with E-state index in [2.05, 4.69) is 10.1 Å². The second-order valence-corrected chi connectivity index (χ2v) is 9.80. The molecule has 0 unspecified atom stereocenters. The van der Waals surface area contributed by atoms with Gasteiger partial charge in [-0.05, 0) is 54.6 Å². The summed E-state index contributed by atoms with van der Waals surface area (Å²) in [5.74, 6) is 0.814. The number of carbonyl (C=O) groups excluding carboxylic acids is 2. The molecule has 1 fully saturated rings. The average Bonchev–Trinajstić information content (AvgIpc) is 3.33. The Morgan fingerprint density at radius 2 is 1.68 bits per heavy atom. The first-order chi connectivity index (χ1) is 18.5. The predicted molar refractivity (Wildman–Crippen MR) is 146 cm³/mol. The van der Waals surface area contributed by atoms with E-state index in [0.29, 0.717) is 55.5 Å². The number of thioether (sulfide) groups is 1. The second-order valence-electron chi connectivity index (χ2n) is 8.76. The topological polar surface area (TPSA) is 117 Å². The fourth-order valence-electron chi connectivity index (χ4n) is 3.94. The van der Waals surface area contributed by atoms with Crippen molar-refractivity contribution in [3.05, 3.63) is 65.2 Å². The molecule has 1 saturated heterocycles. The Hall–Kier alpha value is -3.96. The summed E-state index contributed by atoms with van der Waals surface area (Å²) in [6, 6.07) is 15.0. The number of aliphatic imine (C=N–C) groups is 1. The van der Waals surface area contributed by atoms with Gasteiger partial charge in [0.05, 0.1) is 25.2 Å². The second kappa shape index (κ2) is 11.6. The number of aryl methyl sites for hydroxylation is 1. The Labute approximate surface area is 224 Å². The number of rotatable bonds is 8. The van der Waals surface area contributed by atoms with Crippen molar-refractivity contribution in [3.8, 4) is 11.5 Å². The number of hydrogen-bond donors (Lipinski definition) is 1. The Morgan fingerprint density at radius 1 is 1.05 bits per heavy atom. The minimum atomic E-state index is -0.515. The number of hydrazone groups is 1. The van der Waals surface area contributed by atoms with E-state index >= 15 is 0 Å². The largest absolute Gasteiger partial charge is 0.490 e. The van der Waals surface area contributed by atoms with Gasteiger partial charge in [-0.25, -0.2) is 0 Å². The minimum absolute atomic E-state index is 0.0577. The quantitative estimate of drug-likeness (QED) is 0.409. The van der Waals surface area contributed by atoms with Crippen LogP contribution >= 0.6 is 11.8 Å². The van der Waals surface area contributed by atoms with E-state index < -0.39 is 5.91 Å². The summed E-state index contributed by atoms with van der Waals surface area (Å²) in [5.41, 5.74) is 2.02. The van der Waals surface area contributed by atoms with E-state index in [1.807, 2.05) is 31.2 Å². The minimum Gasteiger partial charge on any atom is -0.490 e. The molecule has 0 atom stereocenters. The lowest BCUT2D eigenvalue weighted by molar-refractivity contribution is -0.133. The molecule has 3 aliphatic rings. The van der Waals surface area contributed by atoms with Gasteiger partial charge in [0.25, 0.3) is 5.91 Å². The zero-order chi connectivity index (χ0) is 26.5. The van der Waals surface area contributed by atoms with Gasteiger partial charge in [0.15, 0.2) is 5.84 Å². The summed E-state index contributed by atoms with van der Waals surface area (Å²) < 4.78 is 16.7. The molecule has 196 valence electrons. The third-order valence-corrected chi connectivity index (χ3v) is 6.90. The highest BCUT2D eigenvalue weighted by Crippen LogP contribution is 2.30. The fraction of sp³-hybridized carbons (Fsp3) is 0.296. The highest BCUT2D eigenvalue weighted by molar-refractivity contribution is 8.27. The molecule has 11 heteroatoms. The van der Waals surface area contributed by atoms with Crippen LogP contribution in [0.5, 0.6) is 11.5 Å². The SMILES string of the molecule is Cc1ccc(OCCOc2ccc(/C=C3/C(=N)N4N=C(CC(=O)N5CCOCC5)SC4=NC3=O)cc2)cc1. The normalized spacial score (nSPS) is 18.3. The first-order valence-corrected chi connectivity index (χ1v) is 13.0. The van der Waals surface area contributed by atoms with Crippen LogP contribution in [0.2, 0.25) is 0 Å². The zero-order valence-corrected chi connectivity index (χ0v) is 21.7. The van der Waals surface area contributed by atoms with Crippen molar-refractivity contribution in [3.63, 3.8) is 0 Å². The van der Waals surface area contributed by atoms with Crippen LogP contribution in [0.25, 0.3) is 6.08 Å². The van der Waals surface area contributed by atoms with Gasteiger partial charge in [0.1, 0.15) is 29.8 Å². The first kappa shape index (κ1) is 25.7. The van der Waals surface area contributed by atoms with Crippen LogP contribution in [-0.4, -0.2) is 77.3 Å². The lowest BCUT2D eigenvalue weighted by Crippen LogP contribution is -2.41. The smallest absolute Gasteiger partial charge is 0.283 e. The number of morpholine rings is 1. The number of nitrogens with one attached hydrogen (secondary N) is 1. The zero-order valence-electron chi connectivity index (χ0n) is 20.9. The maximum Gasteiger partial charge on any atom is 0.283 e. The van der Waals surface area contributed by atoms with E-state index in [1.165, 1.54) is 10.6 Å². The fourth-order valence-corrected chi connectivity index (χ4v) is 4.81. The van der Waals surface area contributed by atoms with Crippen molar-refractivity contribution in [2.45, 2.75) is 13.3 Å². The number of benzene rings is 2. The van der Waals surface area contributed by atoms with Gasteiger partial charge in [-0.2, -0.15) is 15.1 Å². The van der Waals surface area contributed by atoms with Gasteiger partial charge in [0, 0.05) is 13.1 Å². The molecule has 0 aromatic heterocycles. The maximum absolute atomic E-state index is 12.7. The lowest BCUT2D eigenvalue weighted by Gasteiger charge is -2.26. The molecular weight excluding hydrogens is 506 g/mol. The van der Waals surface area contributed by atoms with Crippen LogP contribution in [0.4, 0.5) is 0 Å². The Bertz CT molecular complexity index is 1310. The molecule has 1 N–H and O–H groups in total. The van der Waals surface area contributed by atoms with Crippen molar-refractivity contribution >= 4 is 45.7 Å². The highest BCUT2D eigenvalue weighted by Gasteiger charge is 2.36. The summed E-state index contributed by atoms with van der Waals surface area (Å²) in [6.45, 7) is 4.96. The number of carbonyl (C=O) groups is 2. The number of amides is 2. The lowest BCUT2D eigenvalue weighted by atomic mass is 10.1. The van der Waals surface area contributed by atoms with Gasteiger partial charge in [0.2, 0.25) is 11.1 Å². The van der Waals surface area contributed by atoms with Gasteiger partial charge in [-0.15, -0.1) is 0 Å². The van der Waals surface area contributed by atoms with E-state index in [-0.39, 0.29) is 23.7 Å². The molecule has 0 aliphatic carbocycles. The number of hydrogen-bond acceptors (Lipinski definition) is 8. The van der Waals surface area contributed by atoms with Crippen molar-refractivity contribution in [1.29, 1.82) is 5.41 Å². The van der Waals surface area contributed by atoms with Gasteiger partial charge in [-0.3, -0.25) is 15.0 Å². The van der Waals surface area contributed by atoms with E-state index in [4.69, 9.17) is 19.6 Å².